The SMILES string of the molecule is NC(=O)n1nc(-c2ccc(Cl)c(Cl)c2)c2c1NCCCC2. The van der Waals surface area contributed by atoms with E-state index in [9.17, 15) is 4.79 Å². The summed E-state index contributed by atoms with van der Waals surface area (Å²) in [6.07, 6.45) is 2.90. The van der Waals surface area contributed by atoms with Gasteiger partial charge in [0.05, 0.1) is 15.7 Å². The second-order valence-electron chi connectivity index (χ2n) is 4.94. The number of anilines is 1. The van der Waals surface area contributed by atoms with Crippen molar-refractivity contribution in [2.45, 2.75) is 19.3 Å². The van der Waals surface area contributed by atoms with Gasteiger partial charge in [-0.25, -0.2) is 4.79 Å². The number of carbonyl (C=O) groups excluding carboxylic acids is 1. The van der Waals surface area contributed by atoms with E-state index in [0.717, 1.165) is 42.6 Å². The molecule has 1 aromatic carbocycles. The minimum atomic E-state index is -0.605. The summed E-state index contributed by atoms with van der Waals surface area (Å²) in [5.41, 5.74) is 7.94. The summed E-state index contributed by atoms with van der Waals surface area (Å²) in [5.74, 6) is 0.682. The van der Waals surface area contributed by atoms with Crippen LogP contribution in [0.25, 0.3) is 11.3 Å². The molecule has 1 aromatic heterocycles. The van der Waals surface area contributed by atoms with E-state index in [1.54, 1.807) is 12.1 Å². The summed E-state index contributed by atoms with van der Waals surface area (Å²) in [7, 11) is 0. The number of amides is 1. The van der Waals surface area contributed by atoms with Crippen LogP contribution in [0.5, 0.6) is 0 Å². The molecule has 0 bridgehead atoms. The molecular weight excluding hydrogens is 311 g/mol. The molecule has 2 aromatic rings. The van der Waals surface area contributed by atoms with Crippen molar-refractivity contribution in [1.82, 2.24) is 9.78 Å². The van der Waals surface area contributed by atoms with Crippen LogP contribution >= 0.6 is 23.2 Å². The van der Waals surface area contributed by atoms with Crippen molar-refractivity contribution in [1.29, 1.82) is 0 Å². The number of halogens is 2. The standard InChI is InChI=1S/C14H14Cl2N4O/c15-10-5-4-8(7-11(10)16)12-9-3-1-2-6-18-13(9)20(19-12)14(17)21/h4-5,7,18H,1-3,6H2,(H2,17,21). The number of carbonyl (C=O) groups is 1. The zero-order valence-electron chi connectivity index (χ0n) is 11.2. The van der Waals surface area contributed by atoms with Gasteiger partial charge in [-0.3, -0.25) is 0 Å². The fourth-order valence-electron chi connectivity index (χ4n) is 2.54. The van der Waals surface area contributed by atoms with Crippen LogP contribution in [0.15, 0.2) is 18.2 Å². The number of hydrogen-bond donors (Lipinski definition) is 2. The number of fused-ring (bicyclic) bond motifs is 1. The molecule has 5 nitrogen and oxygen atoms in total. The molecule has 0 fully saturated rings. The number of nitrogens with zero attached hydrogens (tertiary/aromatic N) is 2. The third-order valence-electron chi connectivity index (χ3n) is 3.53. The molecule has 3 rings (SSSR count). The van der Waals surface area contributed by atoms with E-state index in [-0.39, 0.29) is 0 Å². The van der Waals surface area contributed by atoms with Gasteiger partial charge < -0.3 is 11.1 Å². The Morgan fingerprint density at radius 3 is 2.81 bits per heavy atom. The van der Waals surface area contributed by atoms with E-state index in [2.05, 4.69) is 10.4 Å². The normalized spacial score (nSPS) is 14.2. The third-order valence-corrected chi connectivity index (χ3v) is 4.27. The van der Waals surface area contributed by atoms with E-state index < -0.39 is 6.03 Å². The van der Waals surface area contributed by atoms with Crippen LogP contribution < -0.4 is 11.1 Å². The Morgan fingerprint density at radius 2 is 2.10 bits per heavy atom. The molecule has 21 heavy (non-hydrogen) atoms. The monoisotopic (exact) mass is 324 g/mol. The quantitative estimate of drug-likeness (QED) is 0.842. The number of nitrogens with one attached hydrogen (secondary N) is 1. The lowest BCUT2D eigenvalue weighted by molar-refractivity contribution is 0.248. The van der Waals surface area contributed by atoms with Gasteiger partial charge in [0.1, 0.15) is 5.82 Å². The number of rotatable bonds is 1. The first-order valence-electron chi connectivity index (χ1n) is 6.69. The maximum absolute atomic E-state index is 11.6. The fraction of sp³-hybridized carbons (Fsp3) is 0.286. The van der Waals surface area contributed by atoms with Gasteiger partial charge in [-0.2, -0.15) is 9.78 Å². The van der Waals surface area contributed by atoms with Crippen molar-refractivity contribution in [2.24, 2.45) is 5.73 Å². The molecule has 1 aliphatic heterocycles. The van der Waals surface area contributed by atoms with Crippen molar-refractivity contribution in [3.05, 3.63) is 33.8 Å². The molecule has 0 saturated carbocycles. The molecule has 1 amide bonds. The minimum Gasteiger partial charge on any atom is -0.370 e. The van der Waals surface area contributed by atoms with E-state index in [1.165, 1.54) is 4.68 Å². The molecule has 0 saturated heterocycles. The highest BCUT2D eigenvalue weighted by atomic mass is 35.5. The highest BCUT2D eigenvalue weighted by Gasteiger charge is 2.23. The minimum absolute atomic E-state index is 0.457. The van der Waals surface area contributed by atoms with Crippen LogP contribution in [0.3, 0.4) is 0 Å². The Kier molecular flexibility index (Phi) is 3.78. The Hall–Kier alpha value is -1.72. The molecule has 110 valence electrons. The average molecular weight is 325 g/mol. The zero-order chi connectivity index (χ0) is 15.0. The maximum Gasteiger partial charge on any atom is 0.341 e. The van der Waals surface area contributed by atoms with Gasteiger partial charge in [0, 0.05) is 17.7 Å². The number of hydrogen-bond acceptors (Lipinski definition) is 3. The first-order chi connectivity index (χ1) is 10.1. The Morgan fingerprint density at radius 1 is 1.29 bits per heavy atom. The van der Waals surface area contributed by atoms with Gasteiger partial charge in [-0.1, -0.05) is 29.3 Å². The largest absolute Gasteiger partial charge is 0.370 e. The van der Waals surface area contributed by atoms with Gasteiger partial charge in [0.15, 0.2) is 0 Å². The molecule has 1 aliphatic rings. The van der Waals surface area contributed by atoms with E-state index in [4.69, 9.17) is 28.9 Å². The molecule has 0 aliphatic carbocycles. The molecular formula is C14H14Cl2N4O. The van der Waals surface area contributed by atoms with Crippen molar-refractivity contribution in [3.8, 4) is 11.3 Å². The van der Waals surface area contributed by atoms with E-state index in [1.807, 2.05) is 6.07 Å². The maximum atomic E-state index is 11.6. The molecule has 7 heteroatoms. The number of benzene rings is 1. The molecule has 2 heterocycles. The summed E-state index contributed by atoms with van der Waals surface area (Å²) in [4.78, 5) is 11.6. The lowest BCUT2D eigenvalue weighted by Gasteiger charge is -2.05. The van der Waals surface area contributed by atoms with Gasteiger partial charge in [0.2, 0.25) is 0 Å². The van der Waals surface area contributed by atoms with Gasteiger partial charge in [-0.15, -0.1) is 0 Å². The van der Waals surface area contributed by atoms with Crippen LogP contribution in [0.1, 0.15) is 18.4 Å². The highest BCUT2D eigenvalue weighted by Crippen LogP contribution is 2.34. The van der Waals surface area contributed by atoms with Crippen molar-refractivity contribution in [2.75, 3.05) is 11.9 Å². The smallest absolute Gasteiger partial charge is 0.341 e. The van der Waals surface area contributed by atoms with Crippen molar-refractivity contribution >= 4 is 35.1 Å². The number of nitrogens with two attached hydrogens (primary N) is 1. The summed E-state index contributed by atoms with van der Waals surface area (Å²) in [5, 5.41) is 8.53. The molecule has 0 unspecified atom stereocenters. The predicted molar refractivity (Wildman–Crippen MR) is 84.1 cm³/mol. The van der Waals surface area contributed by atoms with Crippen LogP contribution in [0.2, 0.25) is 10.0 Å². The van der Waals surface area contributed by atoms with Crippen LogP contribution in [0, 0.1) is 0 Å². The summed E-state index contributed by atoms with van der Waals surface area (Å²) in [6.45, 7) is 0.798. The van der Waals surface area contributed by atoms with Crippen molar-refractivity contribution < 1.29 is 4.79 Å². The summed E-state index contributed by atoms with van der Waals surface area (Å²) >= 11 is 12.0. The first kappa shape index (κ1) is 14.2. The topological polar surface area (TPSA) is 72.9 Å². The predicted octanol–water partition coefficient (Wildman–Crippen LogP) is 3.53. The van der Waals surface area contributed by atoms with Crippen LogP contribution in [0.4, 0.5) is 10.6 Å². The Balaban J connectivity index is 2.17. The van der Waals surface area contributed by atoms with Crippen LogP contribution in [-0.2, 0) is 6.42 Å². The molecule has 3 N–H and O–H groups in total. The van der Waals surface area contributed by atoms with Gasteiger partial charge >= 0.3 is 6.03 Å². The fourth-order valence-corrected chi connectivity index (χ4v) is 2.84. The van der Waals surface area contributed by atoms with Gasteiger partial charge in [0.25, 0.3) is 0 Å². The van der Waals surface area contributed by atoms with E-state index in [0.29, 0.717) is 15.9 Å². The number of aromatic nitrogens is 2. The van der Waals surface area contributed by atoms with Gasteiger partial charge in [-0.05, 0) is 31.4 Å². The third kappa shape index (κ3) is 2.59. The lowest BCUT2D eigenvalue weighted by Crippen LogP contribution is -2.23. The number of primary amides is 1. The van der Waals surface area contributed by atoms with Crippen LogP contribution in [-0.4, -0.2) is 22.4 Å². The second kappa shape index (κ2) is 5.58. The van der Waals surface area contributed by atoms with Crippen molar-refractivity contribution in [3.63, 3.8) is 0 Å². The highest BCUT2D eigenvalue weighted by molar-refractivity contribution is 6.42. The molecule has 0 atom stereocenters. The van der Waals surface area contributed by atoms with E-state index >= 15 is 0 Å². The zero-order valence-corrected chi connectivity index (χ0v) is 12.7. The summed E-state index contributed by atoms with van der Waals surface area (Å²) in [6, 6.07) is 4.71. The first-order valence-corrected chi connectivity index (χ1v) is 7.44. The second-order valence-corrected chi connectivity index (χ2v) is 5.75. The molecule has 0 spiro atoms. The Labute approximate surface area is 132 Å². The lowest BCUT2D eigenvalue weighted by atomic mass is 10.0. The molecule has 0 radical (unpaired) electrons. The average Bonchev–Trinajstić information content (AvgIpc) is 2.65. The Bertz CT molecular complexity index is 711. The summed E-state index contributed by atoms with van der Waals surface area (Å²) < 4.78 is 1.22.